The Morgan fingerprint density at radius 1 is 1.37 bits per heavy atom. The number of carbonyl (C=O) groups excluding carboxylic acids is 2. The Bertz CT molecular complexity index is 784. The van der Waals surface area contributed by atoms with Gasteiger partial charge in [-0.15, -0.1) is 0 Å². The lowest BCUT2D eigenvalue weighted by Gasteiger charge is -2.37. The van der Waals surface area contributed by atoms with Crippen LogP contribution < -0.4 is 0 Å². The maximum absolute atomic E-state index is 12.8. The highest BCUT2D eigenvalue weighted by molar-refractivity contribution is 8.08. The van der Waals surface area contributed by atoms with Crippen molar-refractivity contribution in [2.75, 3.05) is 6.54 Å². The second-order valence-electron chi connectivity index (χ2n) is 7.09. The number of halogens is 2. The van der Waals surface area contributed by atoms with Crippen LogP contribution in [0.2, 0.25) is 5.02 Å². The molecule has 0 radical (unpaired) electrons. The van der Waals surface area contributed by atoms with Crippen molar-refractivity contribution in [3.63, 3.8) is 0 Å². The van der Waals surface area contributed by atoms with Crippen LogP contribution in [0, 0.1) is 0 Å². The molecule has 7 heteroatoms. The fourth-order valence-corrected chi connectivity index (χ4v) is 3.90. The molecule has 2 rings (SSSR count). The van der Waals surface area contributed by atoms with E-state index in [1.54, 1.807) is 24.0 Å². The average Bonchev–Trinajstić information content (AvgIpc) is 2.58. The van der Waals surface area contributed by atoms with Gasteiger partial charge >= 0.3 is 6.09 Å². The predicted molar refractivity (Wildman–Crippen MR) is 112 cm³/mol. The van der Waals surface area contributed by atoms with E-state index in [1.165, 1.54) is 0 Å². The highest BCUT2D eigenvalue weighted by atomic mass is 35.5. The number of aldehydes is 1. The number of hydrogen-bond donors (Lipinski definition) is 0. The molecular formula is C20H23Cl2NO3S. The topological polar surface area (TPSA) is 46.6 Å². The summed E-state index contributed by atoms with van der Waals surface area (Å²) in [6.45, 7) is 7.76. The maximum atomic E-state index is 12.8. The molecule has 1 aliphatic rings. The monoisotopic (exact) mass is 427 g/mol. The molecule has 0 spiro atoms. The number of fused-ring (bicyclic) bond motifs is 1. The van der Waals surface area contributed by atoms with Crippen molar-refractivity contribution in [2.45, 2.75) is 45.8 Å². The van der Waals surface area contributed by atoms with Crippen molar-refractivity contribution in [3.05, 3.63) is 55.8 Å². The van der Waals surface area contributed by atoms with Gasteiger partial charge in [0.05, 0.1) is 10.4 Å². The quantitative estimate of drug-likeness (QED) is 0.430. The van der Waals surface area contributed by atoms with E-state index >= 15 is 0 Å². The van der Waals surface area contributed by atoms with Gasteiger partial charge in [0.1, 0.15) is 5.60 Å². The van der Waals surface area contributed by atoms with Gasteiger partial charge in [-0.1, -0.05) is 47.1 Å². The Balaban J connectivity index is 2.42. The van der Waals surface area contributed by atoms with E-state index in [2.05, 4.69) is 0 Å². The molecule has 1 atom stereocenters. The summed E-state index contributed by atoms with van der Waals surface area (Å²) in [6, 6.07) is 5.23. The van der Waals surface area contributed by atoms with E-state index in [9.17, 15) is 9.59 Å². The number of carbonyl (C=O) groups is 2. The van der Waals surface area contributed by atoms with Gasteiger partial charge in [0.15, 0.2) is 6.29 Å². The predicted octanol–water partition coefficient (Wildman–Crippen LogP) is 6.09. The summed E-state index contributed by atoms with van der Waals surface area (Å²) in [5.41, 5.74) is 1.41. The van der Waals surface area contributed by atoms with Crippen LogP contribution in [0.1, 0.15) is 44.9 Å². The highest BCUT2D eigenvalue weighted by Gasteiger charge is 2.33. The van der Waals surface area contributed by atoms with Gasteiger partial charge in [-0.2, -0.15) is 0 Å². The van der Waals surface area contributed by atoms with E-state index in [4.69, 9.17) is 27.9 Å². The average molecular weight is 428 g/mol. The molecular weight excluding hydrogens is 405 g/mol. The van der Waals surface area contributed by atoms with Crippen molar-refractivity contribution in [1.29, 1.82) is 0 Å². The Hall–Kier alpha value is -1.43. The van der Waals surface area contributed by atoms with Crippen molar-refractivity contribution in [2.24, 2.45) is 0 Å². The number of nitrogens with zero attached hydrogens (tertiary/aromatic N) is 1. The summed E-state index contributed by atoms with van der Waals surface area (Å²) in [4.78, 5) is 26.0. The lowest BCUT2D eigenvalue weighted by molar-refractivity contribution is -0.104. The molecule has 1 amide bonds. The van der Waals surface area contributed by atoms with Crippen LogP contribution in [0.25, 0.3) is 0 Å². The van der Waals surface area contributed by atoms with Gasteiger partial charge < -0.3 is 4.74 Å². The zero-order valence-electron chi connectivity index (χ0n) is 15.8. The molecule has 1 aromatic carbocycles. The third-order valence-electron chi connectivity index (χ3n) is 3.92. The minimum Gasteiger partial charge on any atom is -0.444 e. The molecule has 0 N–H and O–H groups in total. The Kier molecular flexibility index (Phi) is 7.43. The molecule has 0 saturated heterocycles. The Morgan fingerprint density at radius 3 is 2.67 bits per heavy atom. The molecule has 0 aliphatic carbocycles. The minimum atomic E-state index is -0.603. The van der Waals surface area contributed by atoms with E-state index in [0.717, 1.165) is 29.2 Å². The molecule has 1 aromatic rings. The minimum absolute atomic E-state index is 0.404. The van der Waals surface area contributed by atoms with Crippen LogP contribution in [0.5, 0.6) is 0 Å². The fraction of sp³-hybridized carbons (Fsp3) is 0.400. The maximum Gasteiger partial charge on any atom is 0.411 e. The van der Waals surface area contributed by atoms with Crippen LogP contribution >= 0.6 is 35.0 Å². The second-order valence-corrected chi connectivity index (χ2v) is 9.28. The molecule has 0 aromatic heterocycles. The first-order chi connectivity index (χ1) is 12.6. The number of ether oxygens (including phenoxy) is 1. The first-order valence-corrected chi connectivity index (χ1v) is 10.2. The van der Waals surface area contributed by atoms with Gasteiger partial charge in [0, 0.05) is 16.5 Å². The number of hydrogen-bond acceptors (Lipinski definition) is 4. The van der Waals surface area contributed by atoms with Crippen LogP contribution in [-0.4, -0.2) is 29.4 Å². The van der Waals surface area contributed by atoms with Crippen LogP contribution in [0.3, 0.4) is 0 Å². The molecule has 0 bridgehead atoms. The van der Waals surface area contributed by atoms with Crippen molar-refractivity contribution >= 4 is 47.3 Å². The molecule has 1 unspecified atom stereocenters. The lowest BCUT2D eigenvalue weighted by Crippen LogP contribution is -2.42. The molecule has 4 nitrogen and oxygen atoms in total. The largest absolute Gasteiger partial charge is 0.444 e. The standard InChI is InChI=1S/C20H23Cl2NO3S/c1-5-15(12-24)27-18(22)11-17-16-10-14(21)7-6-13(16)8-9-23(17)19(25)26-20(2,3)4/h5-7,10-12,17H,8-9H2,1-4H3/b15-5-,18-11+. The van der Waals surface area contributed by atoms with E-state index in [-0.39, 0.29) is 0 Å². The summed E-state index contributed by atoms with van der Waals surface area (Å²) in [5, 5.41) is 0.587. The van der Waals surface area contributed by atoms with Gasteiger partial charge in [-0.05, 0) is 63.5 Å². The lowest BCUT2D eigenvalue weighted by atomic mass is 9.93. The van der Waals surface area contributed by atoms with E-state index < -0.39 is 17.7 Å². The van der Waals surface area contributed by atoms with Crippen molar-refractivity contribution in [3.8, 4) is 0 Å². The zero-order valence-corrected chi connectivity index (χ0v) is 18.1. The summed E-state index contributed by atoms with van der Waals surface area (Å²) >= 11 is 13.7. The van der Waals surface area contributed by atoms with Gasteiger partial charge in [-0.25, -0.2) is 4.79 Å². The Labute approximate surface area is 174 Å². The van der Waals surface area contributed by atoms with Crippen LogP contribution in [0.15, 0.2) is 39.6 Å². The SMILES string of the molecule is C/C=C(/C=O)S/C(Cl)=C/C1c2cc(Cl)ccc2CCN1C(=O)OC(C)(C)C. The number of rotatable bonds is 4. The van der Waals surface area contributed by atoms with Crippen molar-refractivity contribution in [1.82, 2.24) is 4.90 Å². The van der Waals surface area contributed by atoms with Crippen molar-refractivity contribution < 1.29 is 14.3 Å². The summed E-state index contributed by atoms with van der Waals surface area (Å²) in [5.74, 6) is 0. The number of benzene rings is 1. The molecule has 0 fully saturated rings. The first kappa shape index (κ1) is 21.9. The first-order valence-electron chi connectivity index (χ1n) is 8.59. The molecule has 1 heterocycles. The highest BCUT2D eigenvalue weighted by Crippen LogP contribution is 2.37. The summed E-state index contributed by atoms with van der Waals surface area (Å²) in [6.07, 6.45) is 4.49. The molecule has 1 aliphatic heterocycles. The van der Waals surface area contributed by atoms with Gasteiger partial charge in [0.25, 0.3) is 0 Å². The summed E-state index contributed by atoms with van der Waals surface area (Å²) < 4.78 is 5.97. The van der Waals surface area contributed by atoms with Gasteiger partial charge in [0.2, 0.25) is 0 Å². The smallest absolute Gasteiger partial charge is 0.411 e. The third-order valence-corrected chi connectivity index (χ3v) is 5.41. The number of thioether (sulfide) groups is 1. The molecule has 146 valence electrons. The normalized spacial score (nSPS) is 18.1. The van der Waals surface area contributed by atoms with Crippen LogP contribution in [0.4, 0.5) is 4.79 Å². The molecule has 27 heavy (non-hydrogen) atoms. The number of allylic oxidation sites excluding steroid dienone is 2. The van der Waals surface area contributed by atoms with E-state index in [0.29, 0.717) is 27.3 Å². The van der Waals surface area contributed by atoms with Crippen LogP contribution in [-0.2, 0) is 16.0 Å². The number of amides is 1. The fourth-order valence-electron chi connectivity index (χ4n) is 2.74. The van der Waals surface area contributed by atoms with Gasteiger partial charge in [-0.3, -0.25) is 9.69 Å². The zero-order chi connectivity index (χ0) is 20.2. The second kappa shape index (κ2) is 9.18. The van der Waals surface area contributed by atoms with E-state index in [1.807, 2.05) is 39.0 Å². The Morgan fingerprint density at radius 2 is 2.07 bits per heavy atom. The third kappa shape index (κ3) is 6.03. The molecule has 0 saturated carbocycles. The summed E-state index contributed by atoms with van der Waals surface area (Å²) in [7, 11) is 0.